The van der Waals surface area contributed by atoms with Gasteiger partial charge < -0.3 is 11.1 Å². The zero-order valence-corrected chi connectivity index (χ0v) is 10.2. The smallest absolute Gasteiger partial charge is 0.149 e. The Hall–Kier alpha value is -2.03. The van der Waals surface area contributed by atoms with E-state index in [2.05, 4.69) is 41.5 Å². The quantitative estimate of drug-likeness (QED) is 0.847. The lowest BCUT2D eigenvalue weighted by molar-refractivity contribution is 1.10. The van der Waals surface area contributed by atoms with Crippen molar-refractivity contribution >= 4 is 11.5 Å². The van der Waals surface area contributed by atoms with E-state index in [9.17, 15) is 0 Å². The highest BCUT2D eigenvalue weighted by Gasteiger charge is 2.00. The molecule has 2 aromatic rings. The summed E-state index contributed by atoms with van der Waals surface area (Å²) in [6, 6.07) is 10.3. The van der Waals surface area contributed by atoms with Crippen LogP contribution in [0.5, 0.6) is 0 Å². The lowest BCUT2D eigenvalue weighted by Gasteiger charge is -2.09. The predicted molar refractivity (Wildman–Crippen MR) is 71.9 cm³/mol. The Balaban J connectivity index is 2.07. The van der Waals surface area contributed by atoms with Crippen molar-refractivity contribution in [2.45, 2.75) is 20.4 Å². The molecule has 3 nitrogen and oxygen atoms in total. The minimum absolute atomic E-state index is 0.692. The van der Waals surface area contributed by atoms with Gasteiger partial charge in [0.2, 0.25) is 0 Å². The van der Waals surface area contributed by atoms with E-state index >= 15 is 0 Å². The summed E-state index contributed by atoms with van der Waals surface area (Å²) in [4.78, 5) is 4.28. The van der Waals surface area contributed by atoms with Crippen LogP contribution in [-0.4, -0.2) is 4.98 Å². The molecule has 0 fully saturated rings. The van der Waals surface area contributed by atoms with Gasteiger partial charge in [0, 0.05) is 12.7 Å². The monoisotopic (exact) mass is 227 g/mol. The molecule has 0 amide bonds. The van der Waals surface area contributed by atoms with Crippen LogP contribution >= 0.6 is 0 Å². The van der Waals surface area contributed by atoms with E-state index in [-0.39, 0.29) is 0 Å². The van der Waals surface area contributed by atoms with E-state index in [4.69, 9.17) is 5.73 Å². The molecule has 3 heteroatoms. The van der Waals surface area contributed by atoms with E-state index in [0.29, 0.717) is 5.69 Å². The third-order valence-electron chi connectivity index (χ3n) is 2.60. The molecule has 1 heterocycles. The van der Waals surface area contributed by atoms with Crippen LogP contribution in [0.2, 0.25) is 0 Å². The first kappa shape index (κ1) is 11.5. The van der Waals surface area contributed by atoms with Gasteiger partial charge in [-0.3, -0.25) is 0 Å². The van der Waals surface area contributed by atoms with Crippen molar-refractivity contribution in [1.29, 1.82) is 0 Å². The summed E-state index contributed by atoms with van der Waals surface area (Å²) in [7, 11) is 0. The number of rotatable bonds is 3. The molecule has 0 radical (unpaired) electrons. The summed E-state index contributed by atoms with van der Waals surface area (Å²) in [5.41, 5.74) is 10.1. The fourth-order valence-corrected chi connectivity index (χ4v) is 1.75. The number of aryl methyl sites for hydroxylation is 2. The average Bonchev–Trinajstić information content (AvgIpc) is 2.28. The Bertz CT molecular complexity index is 521. The van der Waals surface area contributed by atoms with Gasteiger partial charge in [-0.2, -0.15) is 0 Å². The van der Waals surface area contributed by atoms with Crippen molar-refractivity contribution in [3.8, 4) is 0 Å². The fraction of sp³-hybridized carbons (Fsp3) is 0.214. The van der Waals surface area contributed by atoms with Crippen molar-refractivity contribution in [3.05, 3.63) is 53.2 Å². The van der Waals surface area contributed by atoms with Gasteiger partial charge in [0.15, 0.2) is 0 Å². The summed E-state index contributed by atoms with van der Waals surface area (Å²) in [5.74, 6) is 0.747. The molecule has 0 aliphatic carbocycles. The van der Waals surface area contributed by atoms with Crippen molar-refractivity contribution in [2.75, 3.05) is 11.1 Å². The fourth-order valence-electron chi connectivity index (χ4n) is 1.75. The molecule has 2 rings (SSSR count). The molecule has 88 valence electrons. The molecule has 3 N–H and O–H groups in total. The van der Waals surface area contributed by atoms with Gasteiger partial charge in [0.25, 0.3) is 0 Å². The van der Waals surface area contributed by atoms with Crippen LogP contribution in [0.3, 0.4) is 0 Å². The number of hydrogen-bond donors (Lipinski definition) is 2. The van der Waals surface area contributed by atoms with Crippen LogP contribution in [0.15, 0.2) is 36.5 Å². The average molecular weight is 227 g/mol. The number of hydrogen-bond acceptors (Lipinski definition) is 3. The minimum atomic E-state index is 0.692. The van der Waals surface area contributed by atoms with Crippen molar-refractivity contribution < 1.29 is 0 Å². The second kappa shape index (κ2) is 4.87. The van der Waals surface area contributed by atoms with Crippen LogP contribution in [0.25, 0.3) is 0 Å². The van der Waals surface area contributed by atoms with Gasteiger partial charge in [0.05, 0.1) is 5.69 Å². The van der Waals surface area contributed by atoms with Crippen LogP contribution in [0.1, 0.15) is 16.7 Å². The summed E-state index contributed by atoms with van der Waals surface area (Å²) in [6.45, 7) is 4.80. The second-order valence-electron chi connectivity index (χ2n) is 4.29. The number of nitrogens with zero attached hydrogens (tertiary/aromatic N) is 1. The van der Waals surface area contributed by atoms with Crippen LogP contribution in [0, 0.1) is 13.8 Å². The summed E-state index contributed by atoms with van der Waals surface area (Å²) >= 11 is 0. The van der Waals surface area contributed by atoms with E-state index < -0.39 is 0 Å². The first-order valence-corrected chi connectivity index (χ1v) is 5.66. The maximum absolute atomic E-state index is 5.89. The van der Waals surface area contributed by atoms with Gasteiger partial charge in [-0.1, -0.05) is 29.8 Å². The molecule has 1 aromatic carbocycles. The normalized spacial score (nSPS) is 10.2. The Morgan fingerprint density at radius 2 is 2.00 bits per heavy atom. The third-order valence-corrected chi connectivity index (χ3v) is 2.60. The van der Waals surface area contributed by atoms with E-state index in [1.807, 2.05) is 19.2 Å². The van der Waals surface area contributed by atoms with Gasteiger partial charge >= 0.3 is 0 Å². The Kier molecular flexibility index (Phi) is 3.28. The van der Waals surface area contributed by atoms with Crippen LogP contribution < -0.4 is 11.1 Å². The molecule has 0 unspecified atom stereocenters. The summed E-state index contributed by atoms with van der Waals surface area (Å²) in [5, 5.41) is 3.25. The number of nitrogens with two attached hydrogens (primary N) is 1. The number of pyridine rings is 1. The van der Waals surface area contributed by atoms with Crippen molar-refractivity contribution in [1.82, 2.24) is 4.98 Å². The van der Waals surface area contributed by atoms with E-state index in [1.165, 1.54) is 11.1 Å². The van der Waals surface area contributed by atoms with Crippen LogP contribution in [0.4, 0.5) is 11.5 Å². The molecule has 0 aliphatic heterocycles. The largest absolute Gasteiger partial charge is 0.396 e. The second-order valence-corrected chi connectivity index (χ2v) is 4.29. The number of nitrogens with one attached hydrogen (secondary N) is 1. The van der Waals surface area contributed by atoms with Gasteiger partial charge in [-0.05, 0) is 31.0 Å². The van der Waals surface area contributed by atoms with Gasteiger partial charge in [-0.25, -0.2) is 4.98 Å². The molecule has 0 bridgehead atoms. The van der Waals surface area contributed by atoms with E-state index in [1.54, 1.807) is 0 Å². The Morgan fingerprint density at radius 1 is 1.18 bits per heavy atom. The summed E-state index contributed by atoms with van der Waals surface area (Å²) in [6.07, 6.45) is 1.81. The molecule has 0 aliphatic rings. The highest BCUT2D eigenvalue weighted by Crippen LogP contribution is 2.16. The molecule has 0 atom stereocenters. The molecule has 1 aromatic heterocycles. The zero-order chi connectivity index (χ0) is 12.3. The molecule has 0 spiro atoms. The molecule has 0 saturated carbocycles. The van der Waals surface area contributed by atoms with Crippen molar-refractivity contribution in [3.63, 3.8) is 0 Å². The number of anilines is 2. The Morgan fingerprint density at radius 3 is 2.71 bits per heavy atom. The standard InChI is InChI=1S/C14H17N3/c1-10-4-3-5-12(6-10)9-17-14-13(15)7-11(2)8-16-14/h3-8H,9,15H2,1-2H3,(H,16,17). The maximum Gasteiger partial charge on any atom is 0.149 e. The molecular weight excluding hydrogens is 210 g/mol. The zero-order valence-electron chi connectivity index (χ0n) is 10.2. The topological polar surface area (TPSA) is 50.9 Å². The first-order valence-electron chi connectivity index (χ1n) is 5.66. The number of benzene rings is 1. The lowest BCUT2D eigenvalue weighted by Crippen LogP contribution is -2.04. The lowest BCUT2D eigenvalue weighted by atomic mass is 10.1. The molecular formula is C14H17N3. The third kappa shape index (κ3) is 2.97. The highest BCUT2D eigenvalue weighted by atomic mass is 15.0. The molecule has 0 saturated heterocycles. The summed E-state index contributed by atoms with van der Waals surface area (Å²) < 4.78 is 0. The van der Waals surface area contributed by atoms with Gasteiger partial charge in [0.1, 0.15) is 5.82 Å². The predicted octanol–water partition coefficient (Wildman–Crippen LogP) is 2.89. The maximum atomic E-state index is 5.89. The first-order chi connectivity index (χ1) is 8.15. The SMILES string of the molecule is Cc1cccc(CNc2ncc(C)cc2N)c1. The van der Waals surface area contributed by atoms with Crippen LogP contribution in [-0.2, 0) is 6.54 Å². The van der Waals surface area contributed by atoms with Gasteiger partial charge in [-0.15, -0.1) is 0 Å². The van der Waals surface area contributed by atoms with E-state index in [0.717, 1.165) is 17.9 Å². The van der Waals surface area contributed by atoms with Crippen molar-refractivity contribution in [2.24, 2.45) is 0 Å². The minimum Gasteiger partial charge on any atom is -0.396 e. The highest BCUT2D eigenvalue weighted by molar-refractivity contribution is 5.61. The number of aromatic nitrogens is 1. The number of nitrogen functional groups attached to an aromatic ring is 1. The Labute approximate surface area is 102 Å². The molecule has 17 heavy (non-hydrogen) atoms.